The van der Waals surface area contributed by atoms with Gasteiger partial charge in [-0.25, -0.2) is 4.79 Å². The van der Waals surface area contributed by atoms with Crippen LogP contribution in [0.2, 0.25) is 0 Å². The zero-order valence-corrected chi connectivity index (χ0v) is 10.4. The molecular formula is C13H14O3S. The third kappa shape index (κ3) is 2.90. The predicted molar refractivity (Wildman–Crippen MR) is 70.3 cm³/mol. The van der Waals surface area contributed by atoms with Crippen molar-refractivity contribution in [1.29, 1.82) is 0 Å². The van der Waals surface area contributed by atoms with Gasteiger partial charge in [-0.2, -0.15) is 11.8 Å². The molecule has 0 amide bonds. The van der Waals surface area contributed by atoms with E-state index in [-0.39, 0.29) is 17.5 Å². The predicted octanol–water partition coefficient (Wildman–Crippen LogP) is 2.41. The van der Waals surface area contributed by atoms with Crippen LogP contribution in [0, 0.1) is 0 Å². The molecule has 0 aliphatic heterocycles. The minimum Gasteiger partial charge on any atom is -0.423 e. The maximum absolute atomic E-state index is 11.7. The minimum absolute atomic E-state index is 0.115. The summed E-state index contributed by atoms with van der Waals surface area (Å²) < 4.78 is 5.23. The topological polar surface area (TPSA) is 50.4 Å². The summed E-state index contributed by atoms with van der Waals surface area (Å²) in [5.74, 6) is 0.564. The third-order valence-electron chi connectivity index (χ3n) is 2.49. The van der Waals surface area contributed by atoms with E-state index >= 15 is 0 Å². The van der Waals surface area contributed by atoms with Crippen LogP contribution in [0.3, 0.4) is 0 Å². The molecule has 1 heterocycles. The average molecular weight is 250 g/mol. The van der Waals surface area contributed by atoms with Crippen LogP contribution in [0.1, 0.15) is 12.5 Å². The van der Waals surface area contributed by atoms with Gasteiger partial charge in [0, 0.05) is 22.0 Å². The second-order valence-corrected chi connectivity index (χ2v) is 5.33. The van der Waals surface area contributed by atoms with Crippen LogP contribution < -0.4 is 5.63 Å². The maximum Gasteiger partial charge on any atom is 0.340 e. The van der Waals surface area contributed by atoms with Crippen LogP contribution >= 0.6 is 11.8 Å². The van der Waals surface area contributed by atoms with Gasteiger partial charge in [0.15, 0.2) is 0 Å². The summed E-state index contributed by atoms with van der Waals surface area (Å²) in [6.45, 7) is 2.04. The zero-order valence-electron chi connectivity index (χ0n) is 9.55. The highest BCUT2D eigenvalue weighted by Gasteiger charge is 2.07. The lowest BCUT2D eigenvalue weighted by Crippen LogP contribution is -2.09. The van der Waals surface area contributed by atoms with E-state index < -0.39 is 0 Å². The fraction of sp³-hybridized carbons (Fsp3) is 0.308. The van der Waals surface area contributed by atoms with Crippen LogP contribution in [0.4, 0.5) is 0 Å². The van der Waals surface area contributed by atoms with Gasteiger partial charge in [0.1, 0.15) is 5.58 Å². The highest BCUT2D eigenvalue weighted by atomic mass is 32.2. The molecule has 3 nitrogen and oxygen atoms in total. The van der Waals surface area contributed by atoms with Crippen molar-refractivity contribution in [1.82, 2.24) is 0 Å². The van der Waals surface area contributed by atoms with E-state index in [0.29, 0.717) is 16.9 Å². The number of para-hydroxylation sites is 1. The van der Waals surface area contributed by atoms with Crippen molar-refractivity contribution in [3.63, 3.8) is 0 Å². The normalized spacial score (nSPS) is 12.8. The summed E-state index contributed by atoms with van der Waals surface area (Å²) in [6.07, 6.45) is 0. The first-order valence-electron chi connectivity index (χ1n) is 5.45. The van der Waals surface area contributed by atoms with Gasteiger partial charge in [0.2, 0.25) is 0 Å². The Labute approximate surface area is 103 Å². The van der Waals surface area contributed by atoms with Crippen LogP contribution in [0.25, 0.3) is 11.0 Å². The number of thioether (sulfide) groups is 1. The molecule has 1 aromatic heterocycles. The van der Waals surface area contributed by atoms with Crippen LogP contribution in [0.5, 0.6) is 0 Å². The molecule has 1 unspecified atom stereocenters. The van der Waals surface area contributed by atoms with Gasteiger partial charge in [-0.05, 0) is 12.1 Å². The Bertz CT molecular complexity index is 562. The zero-order chi connectivity index (χ0) is 12.3. The van der Waals surface area contributed by atoms with E-state index in [2.05, 4.69) is 0 Å². The van der Waals surface area contributed by atoms with Gasteiger partial charge < -0.3 is 9.52 Å². The van der Waals surface area contributed by atoms with E-state index in [0.717, 1.165) is 5.39 Å². The Kier molecular flexibility index (Phi) is 3.86. The van der Waals surface area contributed by atoms with Crippen LogP contribution in [-0.4, -0.2) is 17.0 Å². The van der Waals surface area contributed by atoms with E-state index in [1.807, 2.05) is 31.2 Å². The summed E-state index contributed by atoms with van der Waals surface area (Å²) in [5, 5.41) is 9.99. The molecular weight excluding hydrogens is 236 g/mol. The van der Waals surface area contributed by atoms with Crippen molar-refractivity contribution in [2.24, 2.45) is 0 Å². The lowest BCUT2D eigenvalue weighted by atomic mass is 10.2. The molecule has 0 spiro atoms. The number of aliphatic hydroxyl groups excluding tert-OH is 1. The fourth-order valence-electron chi connectivity index (χ4n) is 1.49. The number of hydrogen-bond donors (Lipinski definition) is 1. The van der Waals surface area contributed by atoms with Gasteiger partial charge >= 0.3 is 5.63 Å². The first-order chi connectivity index (χ1) is 8.20. The van der Waals surface area contributed by atoms with Crippen molar-refractivity contribution in [3.05, 3.63) is 46.3 Å². The van der Waals surface area contributed by atoms with E-state index in [9.17, 15) is 4.79 Å². The quantitative estimate of drug-likeness (QED) is 0.847. The Morgan fingerprint density at radius 2 is 2.18 bits per heavy atom. The smallest absolute Gasteiger partial charge is 0.340 e. The van der Waals surface area contributed by atoms with Gasteiger partial charge in [-0.1, -0.05) is 25.1 Å². The molecule has 4 heteroatoms. The number of aliphatic hydroxyl groups is 1. The Balaban J connectivity index is 2.28. The highest BCUT2D eigenvalue weighted by molar-refractivity contribution is 7.99. The van der Waals surface area contributed by atoms with Crippen molar-refractivity contribution in [2.45, 2.75) is 17.9 Å². The molecule has 2 rings (SSSR count). The largest absolute Gasteiger partial charge is 0.423 e. The molecule has 1 aromatic carbocycles. The van der Waals surface area contributed by atoms with Crippen LogP contribution in [0.15, 0.2) is 39.5 Å². The molecule has 0 bridgehead atoms. The summed E-state index contributed by atoms with van der Waals surface area (Å²) in [6, 6.07) is 9.31. The number of benzene rings is 1. The molecule has 0 aliphatic carbocycles. The van der Waals surface area contributed by atoms with Gasteiger partial charge in [-0.3, -0.25) is 0 Å². The first-order valence-corrected chi connectivity index (χ1v) is 6.50. The first kappa shape index (κ1) is 12.2. The summed E-state index contributed by atoms with van der Waals surface area (Å²) in [4.78, 5) is 11.7. The van der Waals surface area contributed by atoms with Crippen molar-refractivity contribution < 1.29 is 9.52 Å². The molecule has 0 radical (unpaired) electrons. The third-order valence-corrected chi connectivity index (χ3v) is 3.69. The molecule has 0 saturated heterocycles. The van der Waals surface area contributed by atoms with Crippen LogP contribution in [-0.2, 0) is 5.75 Å². The van der Waals surface area contributed by atoms with Crippen molar-refractivity contribution >= 4 is 22.7 Å². The van der Waals surface area contributed by atoms with Crippen molar-refractivity contribution in [3.8, 4) is 0 Å². The molecule has 1 N–H and O–H groups in total. The van der Waals surface area contributed by atoms with Gasteiger partial charge in [0.25, 0.3) is 0 Å². The molecule has 0 fully saturated rings. The average Bonchev–Trinajstić information content (AvgIpc) is 2.35. The van der Waals surface area contributed by atoms with Crippen molar-refractivity contribution in [2.75, 3.05) is 6.61 Å². The summed E-state index contributed by atoms with van der Waals surface area (Å²) >= 11 is 1.54. The molecule has 17 heavy (non-hydrogen) atoms. The van der Waals surface area contributed by atoms with E-state index in [1.54, 1.807) is 17.8 Å². The fourth-order valence-corrected chi connectivity index (χ4v) is 2.26. The second kappa shape index (κ2) is 5.38. The lowest BCUT2D eigenvalue weighted by Gasteiger charge is -2.06. The Morgan fingerprint density at radius 1 is 1.41 bits per heavy atom. The monoisotopic (exact) mass is 250 g/mol. The summed E-state index contributed by atoms with van der Waals surface area (Å²) in [5.41, 5.74) is 0.969. The second-order valence-electron chi connectivity index (χ2n) is 3.90. The highest BCUT2D eigenvalue weighted by Crippen LogP contribution is 2.18. The Hall–Kier alpha value is -1.26. The molecule has 2 aromatic rings. The van der Waals surface area contributed by atoms with Gasteiger partial charge in [0.05, 0.1) is 6.61 Å². The van der Waals surface area contributed by atoms with E-state index in [4.69, 9.17) is 9.52 Å². The number of rotatable bonds is 4. The Morgan fingerprint density at radius 3 is 2.94 bits per heavy atom. The molecule has 1 atom stereocenters. The molecule has 90 valence electrons. The minimum atomic E-state index is -0.290. The number of fused-ring (bicyclic) bond motifs is 1. The number of hydrogen-bond acceptors (Lipinski definition) is 4. The van der Waals surface area contributed by atoms with E-state index in [1.165, 1.54) is 0 Å². The van der Waals surface area contributed by atoms with Gasteiger partial charge in [-0.15, -0.1) is 0 Å². The molecule has 0 saturated carbocycles. The SMILES string of the molecule is CC(CO)SCc1cc2ccccc2oc1=O. The summed E-state index contributed by atoms with van der Waals surface area (Å²) in [7, 11) is 0. The molecule has 0 aliphatic rings. The standard InChI is InChI=1S/C13H14O3S/c1-9(7-14)17-8-11-6-10-4-2-3-5-12(10)16-13(11)15/h2-6,9,14H,7-8H2,1H3. The maximum atomic E-state index is 11.7. The lowest BCUT2D eigenvalue weighted by molar-refractivity contribution is 0.300.